The first kappa shape index (κ1) is 37.0. The molecule has 3 fully saturated rings. The number of piperidine rings is 1. The fourth-order valence-corrected chi connectivity index (χ4v) is 8.90. The molecule has 2 aromatic carbocycles. The average molecular weight is 698 g/mol. The summed E-state index contributed by atoms with van der Waals surface area (Å²) in [6.45, 7) is 19.9. The summed E-state index contributed by atoms with van der Waals surface area (Å²) in [4.78, 5) is 20.3. The minimum Gasteiger partial charge on any atom is -0.508 e. The van der Waals surface area contributed by atoms with Gasteiger partial charge in [-0.05, 0) is 138 Å². The quantitative estimate of drug-likeness (QED) is 0.255. The van der Waals surface area contributed by atoms with E-state index in [0.717, 1.165) is 101 Å². The molecule has 1 aromatic heterocycles. The van der Waals surface area contributed by atoms with E-state index in [1.807, 2.05) is 55.4 Å². The summed E-state index contributed by atoms with van der Waals surface area (Å²) in [5.74, 6) is 0.568. The van der Waals surface area contributed by atoms with Gasteiger partial charge in [-0.2, -0.15) is 9.97 Å². The lowest BCUT2D eigenvalue weighted by atomic mass is 9.78. The molecule has 0 radical (unpaired) electrons. The number of allylic oxidation sites excluding steroid dienone is 4. The van der Waals surface area contributed by atoms with Crippen molar-refractivity contribution in [2.75, 3.05) is 37.7 Å². The number of rotatable bonds is 7. The zero-order valence-electron chi connectivity index (χ0n) is 31.9. The van der Waals surface area contributed by atoms with Crippen LogP contribution in [0.4, 0.5) is 10.2 Å². The molecule has 1 unspecified atom stereocenters. The highest BCUT2D eigenvalue weighted by Crippen LogP contribution is 2.48. The summed E-state index contributed by atoms with van der Waals surface area (Å²) < 4.78 is 22.1. The van der Waals surface area contributed by atoms with Gasteiger partial charge in [0.05, 0.1) is 28.1 Å². The molecule has 4 aliphatic rings. The van der Waals surface area contributed by atoms with Crippen molar-refractivity contribution in [3.63, 3.8) is 0 Å². The minimum absolute atomic E-state index is 0.0247. The van der Waals surface area contributed by atoms with E-state index in [-0.39, 0.29) is 23.1 Å². The first-order valence-electron chi connectivity index (χ1n) is 19.1. The molecular formula is C42H56FN5O3. The summed E-state index contributed by atoms with van der Waals surface area (Å²) in [5.41, 5.74) is 5.39. The SMILES string of the molecule is C/C=C1\C(=NC(C)C)C(c2cc(O)cc3ccc(F)c(CC)c23)=C(C)c2nc(OCC34CCCN3CCC4)nc(N3CCCC(C)(O)C3)c21.CC. The zero-order chi connectivity index (χ0) is 36.7. The molecule has 3 aromatic rings. The zero-order valence-corrected chi connectivity index (χ0v) is 31.9. The van der Waals surface area contributed by atoms with Gasteiger partial charge in [0.25, 0.3) is 0 Å². The summed E-state index contributed by atoms with van der Waals surface area (Å²) in [6, 6.07) is 6.92. The third-order valence-electron chi connectivity index (χ3n) is 11.1. The molecule has 7 rings (SSSR count). The number of anilines is 1. The van der Waals surface area contributed by atoms with Gasteiger partial charge in [-0.25, -0.2) is 4.39 Å². The first-order chi connectivity index (χ1) is 24.4. The molecule has 9 heteroatoms. The standard InChI is InChI=1S/C40H50FN5O3.C2H6/c1-7-28-31(41)13-12-26-20-27(47)21-30(33(26)28)32-25(5)35-34(29(8-2)36(32)42-24(3)4)37(45-17-9-14-39(6,48)22-45)44-38(43-35)49-23-40-15-10-18-46(40)19-11-16-40;1-2/h8,12-13,20-21,24,47-48H,7,9-11,14-19,22-23H2,1-6H3;1-2H3/b29-8-,42-36?;. The molecule has 3 aliphatic heterocycles. The van der Waals surface area contributed by atoms with Crippen molar-refractivity contribution in [2.45, 2.75) is 118 Å². The number of halogens is 1. The number of benzene rings is 2. The minimum atomic E-state index is -0.860. The lowest BCUT2D eigenvalue weighted by Crippen LogP contribution is -2.47. The van der Waals surface area contributed by atoms with Gasteiger partial charge < -0.3 is 19.8 Å². The number of aryl methyl sites for hydroxylation is 1. The van der Waals surface area contributed by atoms with Gasteiger partial charge in [0, 0.05) is 30.3 Å². The number of hydrogen-bond donors (Lipinski definition) is 2. The molecule has 8 nitrogen and oxygen atoms in total. The Bertz CT molecular complexity index is 1880. The van der Waals surface area contributed by atoms with Gasteiger partial charge in [-0.3, -0.25) is 9.89 Å². The van der Waals surface area contributed by atoms with Crippen molar-refractivity contribution < 1.29 is 19.3 Å². The molecule has 3 saturated heterocycles. The number of phenols is 1. The van der Waals surface area contributed by atoms with Crippen molar-refractivity contribution in [2.24, 2.45) is 4.99 Å². The Morgan fingerprint density at radius 1 is 1.06 bits per heavy atom. The molecule has 4 heterocycles. The monoisotopic (exact) mass is 697 g/mol. The maximum absolute atomic E-state index is 15.4. The molecule has 0 spiro atoms. The maximum atomic E-state index is 15.4. The number of fused-ring (bicyclic) bond motifs is 3. The largest absolute Gasteiger partial charge is 0.508 e. The van der Waals surface area contributed by atoms with E-state index in [1.54, 1.807) is 18.2 Å². The second kappa shape index (κ2) is 14.7. The van der Waals surface area contributed by atoms with Crippen LogP contribution in [-0.2, 0) is 6.42 Å². The van der Waals surface area contributed by atoms with Gasteiger partial charge in [-0.1, -0.05) is 32.9 Å². The summed E-state index contributed by atoms with van der Waals surface area (Å²) in [6.07, 6.45) is 8.68. The number of aromatic hydroxyl groups is 1. The molecule has 51 heavy (non-hydrogen) atoms. The number of ether oxygens (including phenoxy) is 1. The number of aliphatic imine (C=N–C) groups is 1. The predicted molar refractivity (Wildman–Crippen MR) is 207 cm³/mol. The number of aromatic nitrogens is 2. The van der Waals surface area contributed by atoms with Crippen LogP contribution in [0.1, 0.15) is 116 Å². The highest BCUT2D eigenvalue weighted by molar-refractivity contribution is 6.51. The van der Waals surface area contributed by atoms with Crippen molar-refractivity contribution in [1.29, 1.82) is 0 Å². The Balaban J connectivity index is 0.00000220. The van der Waals surface area contributed by atoms with Crippen LogP contribution in [0.2, 0.25) is 0 Å². The molecule has 0 bridgehead atoms. The van der Waals surface area contributed by atoms with Crippen LogP contribution in [0.25, 0.3) is 27.5 Å². The van der Waals surface area contributed by atoms with E-state index >= 15 is 4.39 Å². The van der Waals surface area contributed by atoms with E-state index in [9.17, 15) is 10.2 Å². The van der Waals surface area contributed by atoms with Crippen LogP contribution >= 0.6 is 0 Å². The molecule has 274 valence electrons. The van der Waals surface area contributed by atoms with E-state index in [0.29, 0.717) is 31.1 Å². The topological polar surface area (TPSA) is 94.3 Å². The van der Waals surface area contributed by atoms with E-state index < -0.39 is 5.60 Å². The number of phenolic OH excluding ortho intramolecular Hbond substituents is 1. The summed E-state index contributed by atoms with van der Waals surface area (Å²) in [5, 5.41) is 23.8. The van der Waals surface area contributed by atoms with Crippen molar-refractivity contribution in [3.05, 3.63) is 58.5 Å². The number of β-amino-alcohol motifs (C(OH)–C–C–N with tert-alkyl or cyclic N) is 1. The highest BCUT2D eigenvalue weighted by atomic mass is 19.1. The van der Waals surface area contributed by atoms with E-state index in [2.05, 4.69) is 15.9 Å². The average Bonchev–Trinajstić information content (AvgIpc) is 3.68. The number of nitrogens with zero attached hydrogens (tertiary/aromatic N) is 5. The highest BCUT2D eigenvalue weighted by Gasteiger charge is 2.45. The Labute approximate surface area is 303 Å². The smallest absolute Gasteiger partial charge is 0.319 e. The van der Waals surface area contributed by atoms with Gasteiger partial charge in [0.2, 0.25) is 0 Å². The summed E-state index contributed by atoms with van der Waals surface area (Å²) in [7, 11) is 0. The van der Waals surface area contributed by atoms with Crippen LogP contribution in [-0.4, -0.2) is 80.8 Å². The third kappa shape index (κ3) is 6.79. The second-order valence-corrected chi connectivity index (χ2v) is 15.0. The molecule has 0 saturated carbocycles. The van der Waals surface area contributed by atoms with E-state index in [4.69, 9.17) is 19.7 Å². The van der Waals surface area contributed by atoms with Crippen molar-refractivity contribution in [3.8, 4) is 11.8 Å². The van der Waals surface area contributed by atoms with Gasteiger partial charge in [-0.15, -0.1) is 0 Å². The Morgan fingerprint density at radius 2 is 1.76 bits per heavy atom. The van der Waals surface area contributed by atoms with Crippen LogP contribution in [0.15, 0.2) is 35.3 Å². The molecular weight excluding hydrogens is 641 g/mol. The molecule has 2 N–H and O–H groups in total. The van der Waals surface area contributed by atoms with Crippen LogP contribution in [0.3, 0.4) is 0 Å². The normalized spacial score (nSPS) is 23.2. The Kier molecular flexibility index (Phi) is 10.6. The molecule has 1 atom stereocenters. The van der Waals surface area contributed by atoms with E-state index in [1.165, 1.54) is 18.9 Å². The lowest BCUT2D eigenvalue weighted by Gasteiger charge is -2.39. The lowest BCUT2D eigenvalue weighted by molar-refractivity contribution is 0.0446. The fourth-order valence-electron chi connectivity index (χ4n) is 8.90. The van der Waals surface area contributed by atoms with Crippen LogP contribution in [0.5, 0.6) is 11.8 Å². The number of aliphatic hydroxyl groups is 1. The summed E-state index contributed by atoms with van der Waals surface area (Å²) >= 11 is 0. The van der Waals surface area contributed by atoms with Crippen molar-refractivity contribution in [1.82, 2.24) is 14.9 Å². The van der Waals surface area contributed by atoms with Crippen LogP contribution in [0, 0.1) is 5.82 Å². The van der Waals surface area contributed by atoms with Gasteiger partial charge in [0.15, 0.2) is 0 Å². The van der Waals surface area contributed by atoms with Crippen molar-refractivity contribution >= 4 is 39.0 Å². The Hall–Kier alpha value is -3.82. The molecule has 0 amide bonds. The molecule has 1 aliphatic carbocycles. The Morgan fingerprint density at radius 3 is 2.41 bits per heavy atom. The first-order valence-corrected chi connectivity index (χ1v) is 19.1. The van der Waals surface area contributed by atoms with Crippen LogP contribution < -0.4 is 9.64 Å². The van der Waals surface area contributed by atoms with Gasteiger partial charge >= 0.3 is 6.01 Å². The second-order valence-electron chi connectivity index (χ2n) is 15.0. The maximum Gasteiger partial charge on any atom is 0.319 e. The van der Waals surface area contributed by atoms with Gasteiger partial charge in [0.1, 0.15) is 24.0 Å². The predicted octanol–water partition coefficient (Wildman–Crippen LogP) is 8.62. The fraction of sp³-hybridized carbons (Fsp3) is 0.548. The third-order valence-corrected chi connectivity index (χ3v) is 11.1. The number of hydrogen-bond acceptors (Lipinski definition) is 8.